The van der Waals surface area contributed by atoms with Crippen LogP contribution in [0.15, 0.2) is 17.3 Å². The zero-order valence-corrected chi connectivity index (χ0v) is 11.1. The molecule has 2 aromatic rings. The molecule has 108 valence electrons. The van der Waals surface area contributed by atoms with Crippen LogP contribution in [0, 0.1) is 0 Å². The number of nitrogens with zero attached hydrogens (tertiary/aromatic N) is 3. The largest absolute Gasteiger partial charge is 0.481 e. The Labute approximate surface area is 115 Å². The van der Waals surface area contributed by atoms with Crippen LogP contribution in [0.25, 0.3) is 11.0 Å². The van der Waals surface area contributed by atoms with E-state index in [1.807, 2.05) is 0 Å². The van der Waals surface area contributed by atoms with Crippen molar-refractivity contribution in [3.8, 4) is 0 Å². The summed E-state index contributed by atoms with van der Waals surface area (Å²) < 4.78 is 40.4. The summed E-state index contributed by atoms with van der Waals surface area (Å²) in [5, 5.41) is 12.4. The maximum Gasteiger partial charge on any atom is 0.417 e. The summed E-state index contributed by atoms with van der Waals surface area (Å²) in [6.07, 6.45) is -3.25. The van der Waals surface area contributed by atoms with Crippen LogP contribution in [0.4, 0.5) is 13.2 Å². The fourth-order valence-corrected chi connectivity index (χ4v) is 2.25. The monoisotopic (exact) mass is 305 g/mol. The van der Waals surface area contributed by atoms with Gasteiger partial charge in [0.1, 0.15) is 0 Å². The lowest BCUT2D eigenvalue weighted by Gasteiger charge is -2.08. The highest BCUT2D eigenvalue weighted by molar-refractivity contribution is 7.99. The molecule has 0 aromatic carbocycles. The van der Waals surface area contributed by atoms with Crippen LogP contribution >= 0.6 is 11.8 Å². The number of fused-ring (bicyclic) bond motifs is 1. The molecular weight excluding hydrogens is 295 g/mol. The Balaban J connectivity index is 2.54. The number of aliphatic carboxylic acids is 1. The molecule has 0 saturated carbocycles. The van der Waals surface area contributed by atoms with Gasteiger partial charge in [-0.2, -0.15) is 18.3 Å². The van der Waals surface area contributed by atoms with E-state index in [0.717, 1.165) is 17.8 Å². The number of hydrogen-bond donors (Lipinski definition) is 1. The molecule has 2 heterocycles. The molecule has 0 radical (unpaired) electrons. The minimum Gasteiger partial charge on any atom is -0.481 e. The predicted octanol–water partition coefficient (Wildman–Crippen LogP) is 2.65. The summed E-state index contributed by atoms with van der Waals surface area (Å²) in [6.45, 7) is 2.17. The fourth-order valence-electron chi connectivity index (χ4n) is 1.63. The van der Waals surface area contributed by atoms with Gasteiger partial charge < -0.3 is 5.11 Å². The smallest absolute Gasteiger partial charge is 0.417 e. The number of thioether (sulfide) groups is 1. The van der Waals surface area contributed by atoms with Gasteiger partial charge in [0.2, 0.25) is 0 Å². The van der Waals surface area contributed by atoms with Gasteiger partial charge in [0.05, 0.1) is 21.7 Å². The SMILES string of the molecule is CCn1cc2c(C(F)(F)F)cc(SCC(=O)O)nc2n1. The second-order valence-electron chi connectivity index (χ2n) is 3.91. The molecular formula is C11H10F3N3O2S. The quantitative estimate of drug-likeness (QED) is 0.880. The minimum absolute atomic E-state index is 0.00595. The average Bonchev–Trinajstić information content (AvgIpc) is 2.76. The summed E-state index contributed by atoms with van der Waals surface area (Å²) in [5.74, 6) is -1.48. The highest BCUT2D eigenvalue weighted by atomic mass is 32.2. The Bertz CT molecular complexity index is 654. The van der Waals surface area contributed by atoms with Crippen molar-refractivity contribution in [1.82, 2.24) is 14.8 Å². The topological polar surface area (TPSA) is 68.0 Å². The van der Waals surface area contributed by atoms with E-state index < -0.39 is 17.7 Å². The van der Waals surface area contributed by atoms with Crippen LogP contribution in [-0.2, 0) is 17.5 Å². The molecule has 0 aliphatic carbocycles. The molecule has 0 amide bonds. The normalized spacial score (nSPS) is 12.0. The Morgan fingerprint density at radius 3 is 2.75 bits per heavy atom. The lowest BCUT2D eigenvalue weighted by molar-refractivity contribution is -0.136. The Morgan fingerprint density at radius 2 is 2.20 bits per heavy atom. The van der Waals surface area contributed by atoms with E-state index in [0.29, 0.717) is 6.54 Å². The molecule has 9 heteroatoms. The molecule has 0 saturated heterocycles. The molecule has 0 unspecified atom stereocenters. The van der Waals surface area contributed by atoms with Gasteiger partial charge in [-0.1, -0.05) is 11.8 Å². The van der Waals surface area contributed by atoms with Gasteiger partial charge in [0.15, 0.2) is 5.65 Å². The van der Waals surface area contributed by atoms with Crippen molar-refractivity contribution in [2.75, 3.05) is 5.75 Å². The van der Waals surface area contributed by atoms with Crippen LogP contribution in [0.1, 0.15) is 12.5 Å². The summed E-state index contributed by atoms with van der Waals surface area (Å²) in [4.78, 5) is 14.4. The van der Waals surface area contributed by atoms with E-state index in [9.17, 15) is 18.0 Å². The van der Waals surface area contributed by atoms with Gasteiger partial charge in [-0.05, 0) is 13.0 Å². The van der Waals surface area contributed by atoms with E-state index in [1.165, 1.54) is 10.9 Å². The number of hydrogen-bond acceptors (Lipinski definition) is 4. The van der Waals surface area contributed by atoms with Crippen molar-refractivity contribution in [3.63, 3.8) is 0 Å². The zero-order valence-electron chi connectivity index (χ0n) is 10.3. The fraction of sp³-hybridized carbons (Fsp3) is 0.364. The summed E-state index contributed by atoms with van der Waals surface area (Å²) in [7, 11) is 0. The van der Waals surface area contributed by atoms with Crippen molar-refractivity contribution < 1.29 is 23.1 Å². The first-order chi connectivity index (χ1) is 9.31. The van der Waals surface area contributed by atoms with Gasteiger partial charge >= 0.3 is 12.1 Å². The van der Waals surface area contributed by atoms with Crippen LogP contribution in [0.3, 0.4) is 0 Å². The van der Waals surface area contributed by atoms with E-state index >= 15 is 0 Å². The van der Waals surface area contributed by atoms with Gasteiger partial charge in [-0.25, -0.2) is 4.98 Å². The Kier molecular flexibility index (Phi) is 3.89. The predicted molar refractivity (Wildman–Crippen MR) is 66.6 cm³/mol. The maximum atomic E-state index is 13.0. The highest BCUT2D eigenvalue weighted by Crippen LogP contribution is 2.36. The van der Waals surface area contributed by atoms with E-state index in [1.54, 1.807) is 6.92 Å². The number of carboxylic acids is 1. The Hall–Kier alpha value is -1.77. The maximum absolute atomic E-state index is 13.0. The van der Waals surface area contributed by atoms with E-state index in [2.05, 4.69) is 10.1 Å². The second kappa shape index (κ2) is 5.31. The van der Waals surface area contributed by atoms with E-state index in [4.69, 9.17) is 5.11 Å². The van der Waals surface area contributed by atoms with Crippen molar-refractivity contribution in [3.05, 3.63) is 17.8 Å². The van der Waals surface area contributed by atoms with Gasteiger partial charge in [-0.3, -0.25) is 9.48 Å². The standard InChI is InChI=1S/C11H10F3N3O2S/c1-2-17-4-6-7(11(12,13)14)3-8(15-10(6)16-17)20-5-9(18)19/h3-4H,2,5H2,1H3,(H,18,19). The van der Waals surface area contributed by atoms with Crippen LogP contribution in [0.5, 0.6) is 0 Å². The van der Waals surface area contributed by atoms with Crippen molar-refractivity contribution in [2.24, 2.45) is 0 Å². The third kappa shape index (κ3) is 3.03. The number of pyridine rings is 1. The van der Waals surface area contributed by atoms with Crippen molar-refractivity contribution in [1.29, 1.82) is 0 Å². The first-order valence-electron chi connectivity index (χ1n) is 5.61. The van der Waals surface area contributed by atoms with Gasteiger partial charge in [-0.15, -0.1) is 0 Å². The molecule has 20 heavy (non-hydrogen) atoms. The van der Waals surface area contributed by atoms with Gasteiger partial charge in [0.25, 0.3) is 0 Å². The van der Waals surface area contributed by atoms with E-state index in [-0.39, 0.29) is 21.8 Å². The first-order valence-corrected chi connectivity index (χ1v) is 6.60. The molecule has 0 aliphatic rings. The Morgan fingerprint density at radius 1 is 1.50 bits per heavy atom. The van der Waals surface area contributed by atoms with Crippen molar-refractivity contribution >= 4 is 28.8 Å². The highest BCUT2D eigenvalue weighted by Gasteiger charge is 2.34. The molecule has 0 atom stereocenters. The number of halogens is 3. The minimum atomic E-state index is -4.54. The summed E-state index contributed by atoms with van der Waals surface area (Å²) in [6, 6.07) is 0.859. The number of alkyl halides is 3. The first kappa shape index (κ1) is 14.6. The summed E-state index contributed by atoms with van der Waals surface area (Å²) in [5.41, 5.74) is -0.885. The number of carboxylic acid groups (broad SMARTS) is 1. The average molecular weight is 305 g/mol. The molecule has 2 aromatic heterocycles. The van der Waals surface area contributed by atoms with Crippen LogP contribution in [0.2, 0.25) is 0 Å². The molecule has 0 spiro atoms. The molecule has 0 fully saturated rings. The third-order valence-corrected chi connectivity index (χ3v) is 3.39. The lowest BCUT2D eigenvalue weighted by Crippen LogP contribution is -2.07. The zero-order chi connectivity index (χ0) is 14.9. The molecule has 0 aliphatic heterocycles. The van der Waals surface area contributed by atoms with Gasteiger partial charge in [0, 0.05) is 12.7 Å². The third-order valence-electron chi connectivity index (χ3n) is 2.49. The van der Waals surface area contributed by atoms with Crippen LogP contribution < -0.4 is 0 Å². The lowest BCUT2D eigenvalue weighted by atomic mass is 10.2. The second-order valence-corrected chi connectivity index (χ2v) is 4.91. The molecule has 1 N–H and O–H groups in total. The summed E-state index contributed by atoms with van der Waals surface area (Å²) >= 11 is 0.731. The number of rotatable bonds is 4. The van der Waals surface area contributed by atoms with Crippen molar-refractivity contribution in [2.45, 2.75) is 24.7 Å². The number of aromatic nitrogens is 3. The molecule has 2 rings (SSSR count). The van der Waals surface area contributed by atoms with Crippen LogP contribution in [-0.4, -0.2) is 31.6 Å². The number of carbonyl (C=O) groups is 1. The number of aryl methyl sites for hydroxylation is 1. The molecule has 5 nitrogen and oxygen atoms in total. The molecule has 0 bridgehead atoms.